The Hall–Kier alpha value is -0.630. The van der Waals surface area contributed by atoms with E-state index in [4.69, 9.17) is 4.74 Å². The number of rotatable bonds is 6. The van der Waals surface area contributed by atoms with Gasteiger partial charge in [0, 0.05) is 23.1 Å². The summed E-state index contributed by atoms with van der Waals surface area (Å²) in [5.74, 6) is 0.537. The Morgan fingerprint density at radius 1 is 1.32 bits per heavy atom. The zero-order valence-corrected chi connectivity index (χ0v) is 15.4. The second-order valence-corrected chi connectivity index (χ2v) is 8.23. The number of benzene rings is 1. The molecule has 0 aliphatic carbocycles. The van der Waals surface area contributed by atoms with Gasteiger partial charge in [0.25, 0.3) is 0 Å². The van der Waals surface area contributed by atoms with E-state index >= 15 is 0 Å². The van der Waals surface area contributed by atoms with Crippen LogP contribution < -0.4 is 10.1 Å². The predicted octanol–water partition coefficient (Wildman–Crippen LogP) is 2.61. The maximum absolute atomic E-state index is 13.1. The molecule has 0 saturated carbocycles. The summed E-state index contributed by atoms with van der Waals surface area (Å²) in [4.78, 5) is 0.283. The molecule has 1 fully saturated rings. The van der Waals surface area contributed by atoms with Crippen molar-refractivity contribution in [3.63, 3.8) is 0 Å². The Kier molecular flexibility index (Phi) is 6.26. The number of hydrogen-bond donors (Lipinski definition) is 1. The first-order valence-corrected chi connectivity index (χ1v) is 9.79. The van der Waals surface area contributed by atoms with Gasteiger partial charge in [-0.15, -0.1) is 0 Å². The minimum atomic E-state index is -3.52. The number of sulfonamides is 1. The van der Waals surface area contributed by atoms with Crippen molar-refractivity contribution in [3.8, 4) is 5.75 Å². The zero-order chi connectivity index (χ0) is 16.2. The third-order valence-electron chi connectivity index (χ3n) is 3.85. The van der Waals surface area contributed by atoms with Crippen molar-refractivity contribution < 1.29 is 13.2 Å². The van der Waals surface area contributed by atoms with E-state index in [2.05, 4.69) is 21.2 Å². The van der Waals surface area contributed by atoms with Crippen LogP contribution >= 0.6 is 15.9 Å². The summed E-state index contributed by atoms with van der Waals surface area (Å²) in [6.07, 6.45) is 2.50. The maximum atomic E-state index is 13.1. The quantitative estimate of drug-likeness (QED) is 0.810. The SMILES string of the molecule is CCCN(C1CCNCC1)S(=O)(=O)c1cc(Br)cc(OC)c1. The summed E-state index contributed by atoms with van der Waals surface area (Å²) < 4.78 is 33.7. The minimum absolute atomic E-state index is 0.0659. The Labute approximate surface area is 141 Å². The highest BCUT2D eigenvalue weighted by Gasteiger charge is 2.32. The van der Waals surface area contributed by atoms with E-state index in [0.717, 1.165) is 32.4 Å². The van der Waals surface area contributed by atoms with Crippen LogP contribution in [0.25, 0.3) is 0 Å². The number of nitrogens with one attached hydrogen (secondary N) is 1. The maximum Gasteiger partial charge on any atom is 0.243 e. The van der Waals surface area contributed by atoms with Crippen molar-refractivity contribution >= 4 is 26.0 Å². The molecule has 0 atom stereocenters. The van der Waals surface area contributed by atoms with Gasteiger partial charge in [0.15, 0.2) is 0 Å². The van der Waals surface area contributed by atoms with E-state index in [1.54, 1.807) is 22.5 Å². The van der Waals surface area contributed by atoms with Crippen molar-refractivity contribution in [2.45, 2.75) is 37.1 Å². The molecule has 1 aliphatic rings. The predicted molar refractivity (Wildman–Crippen MR) is 90.8 cm³/mol. The van der Waals surface area contributed by atoms with Crippen LogP contribution in [0, 0.1) is 0 Å². The van der Waals surface area contributed by atoms with Crippen molar-refractivity contribution in [2.24, 2.45) is 0 Å². The van der Waals surface area contributed by atoms with Gasteiger partial charge in [0.05, 0.1) is 12.0 Å². The molecule has 1 aromatic rings. The number of nitrogens with zero attached hydrogens (tertiary/aromatic N) is 1. The molecular weight excluding hydrogens is 368 g/mol. The van der Waals surface area contributed by atoms with Gasteiger partial charge in [0.1, 0.15) is 5.75 Å². The van der Waals surface area contributed by atoms with Crippen LogP contribution in [-0.2, 0) is 10.0 Å². The first kappa shape index (κ1) is 17.7. The van der Waals surface area contributed by atoms with E-state index in [1.165, 1.54) is 7.11 Å². The molecule has 22 heavy (non-hydrogen) atoms. The lowest BCUT2D eigenvalue weighted by Gasteiger charge is -2.33. The molecule has 0 spiro atoms. The van der Waals surface area contributed by atoms with Gasteiger partial charge >= 0.3 is 0 Å². The van der Waals surface area contributed by atoms with Crippen LogP contribution in [0.3, 0.4) is 0 Å². The van der Waals surface area contributed by atoms with E-state index in [-0.39, 0.29) is 10.9 Å². The van der Waals surface area contributed by atoms with Gasteiger partial charge in [0.2, 0.25) is 10.0 Å². The Bertz CT molecular complexity index is 601. The highest BCUT2D eigenvalue weighted by atomic mass is 79.9. The van der Waals surface area contributed by atoms with Crippen LogP contribution in [-0.4, -0.2) is 45.5 Å². The third-order valence-corrected chi connectivity index (χ3v) is 6.23. The van der Waals surface area contributed by atoms with Gasteiger partial charge in [-0.05, 0) is 44.5 Å². The average molecular weight is 391 g/mol. The summed E-state index contributed by atoms with van der Waals surface area (Å²) in [5.41, 5.74) is 0. The highest BCUT2D eigenvalue weighted by Crippen LogP contribution is 2.28. The second kappa shape index (κ2) is 7.77. The van der Waals surface area contributed by atoms with Crippen molar-refractivity contribution in [2.75, 3.05) is 26.7 Å². The fourth-order valence-corrected chi connectivity index (χ4v) is 5.22. The van der Waals surface area contributed by atoms with Gasteiger partial charge in [-0.25, -0.2) is 8.42 Å². The Morgan fingerprint density at radius 3 is 2.59 bits per heavy atom. The molecule has 1 heterocycles. The summed E-state index contributed by atoms with van der Waals surface area (Å²) in [5, 5.41) is 3.28. The molecule has 124 valence electrons. The molecule has 1 aliphatic heterocycles. The van der Waals surface area contributed by atoms with Gasteiger partial charge in [-0.2, -0.15) is 4.31 Å². The largest absolute Gasteiger partial charge is 0.497 e. The van der Waals surface area contributed by atoms with Gasteiger partial charge in [-0.1, -0.05) is 22.9 Å². The van der Waals surface area contributed by atoms with Gasteiger partial charge in [-0.3, -0.25) is 0 Å². The lowest BCUT2D eigenvalue weighted by molar-refractivity contribution is 0.262. The zero-order valence-electron chi connectivity index (χ0n) is 13.0. The molecule has 1 N–H and O–H groups in total. The highest BCUT2D eigenvalue weighted by molar-refractivity contribution is 9.10. The summed E-state index contributed by atoms with van der Waals surface area (Å²) in [6.45, 7) is 4.28. The molecule has 1 saturated heterocycles. The Morgan fingerprint density at radius 2 is 2.00 bits per heavy atom. The lowest BCUT2D eigenvalue weighted by atomic mass is 10.1. The summed E-state index contributed by atoms with van der Waals surface area (Å²) >= 11 is 3.36. The molecule has 0 bridgehead atoms. The van der Waals surface area contributed by atoms with Crippen LogP contribution in [0.1, 0.15) is 26.2 Å². The third kappa shape index (κ3) is 4.01. The first-order chi connectivity index (χ1) is 10.5. The first-order valence-electron chi connectivity index (χ1n) is 7.56. The molecule has 5 nitrogen and oxygen atoms in total. The van der Waals surface area contributed by atoms with Crippen molar-refractivity contribution in [3.05, 3.63) is 22.7 Å². The number of hydrogen-bond acceptors (Lipinski definition) is 4. The van der Waals surface area contributed by atoms with Crippen LogP contribution in [0.4, 0.5) is 0 Å². The van der Waals surface area contributed by atoms with Crippen molar-refractivity contribution in [1.82, 2.24) is 9.62 Å². The summed E-state index contributed by atoms with van der Waals surface area (Å²) in [7, 11) is -1.99. The minimum Gasteiger partial charge on any atom is -0.497 e. The second-order valence-electron chi connectivity index (χ2n) is 5.42. The lowest BCUT2D eigenvalue weighted by Crippen LogP contribution is -2.46. The fraction of sp³-hybridized carbons (Fsp3) is 0.600. The van der Waals surface area contributed by atoms with E-state index in [9.17, 15) is 8.42 Å². The molecule has 0 aromatic heterocycles. The van der Waals surface area contributed by atoms with Gasteiger partial charge < -0.3 is 10.1 Å². The topological polar surface area (TPSA) is 58.6 Å². The van der Waals surface area contributed by atoms with Crippen LogP contribution in [0.5, 0.6) is 5.75 Å². The molecule has 0 unspecified atom stereocenters. The monoisotopic (exact) mass is 390 g/mol. The number of piperidine rings is 1. The van der Waals surface area contributed by atoms with Crippen LogP contribution in [0.2, 0.25) is 0 Å². The average Bonchev–Trinajstić information content (AvgIpc) is 2.52. The van der Waals surface area contributed by atoms with E-state index < -0.39 is 10.0 Å². The van der Waals surface area contributed by atoms with Crippen molar-refractivity contribution in [1.29, 1.82) is 0 Å². The Balaban J connectivity index is 2.37. The van der Waals surface area contributed by atoms with Crippen LogP contribution in [0.15, 0.2) is 27.6 Å². The fourth-order valence-electron chi connectivity index (χ4n) is 2.75. The molecule has 7 heteroatoms. The molecule has 1 aromatic carbocycles. The molecule has 0 amide bonds. The molecular formula is C15H23BrN2O3S. The number of ether oxygens (including phenoxy) is 1. The molecule has 2 rings (SSSR count). The normalized spacial score (nSPS) is 16.9. The number of halogens is 1. The standard InChI is InChI=1S/C15H23BrN2O3S/c1-3-8-18(13-4-6-17-7-5-13)22(19,20)15-10-12(16)9-14(11-15)21-2/h9-11,13,17H,3-8H2,1-2H3. The van der Waals surface area contributed by atoms with E-state index in [1.807, 2.05) is 6.92 Å². The molecule has 0 radical (unpaired) electrons. The summed E-state index contributed by atoms with van der Waals surface area (Å²) in [6, 6.07) is 5.05. The smallest absolute Gasteiger partial charge is 0.243 e. The number of methoxy groups -OCH3 is 1. The van der Waals surface area contributed by atoms with E-state index in [0.29, 0.717) is 16.8 Å².